The number of hydrogen-bond acceptors (Lipinski definition) is 4. The van der Waals surface area contributed by atoms with Gasteiger partial charge in [0.2, 0.25) is 0 Å². The van der Waals surface area contributed by atoms with Crippen molar-refractivity contribution < 1.29 is 9.59 Å². The Labute approximate surface area is 192 Å². The number of nitrogens with zero attached hydrogens (tertiary/aromatic N) is 2. The second-order valence-electron chi connectivity index (χ2n) is 7.38. The molecule has 1 N–H and O–H groups in total. The Balaban J connectivity index is 1.89. The highest BCUT2D eigenvalue weighted by molar-refractivity contribution is 7.12. The van der Waals surface area contributed by atoms with E-state index in [0.29, 0.717) is 34.2 Å². The van der Waals surface area contributed by atoms with Gasteiger partial charge in [-0.3, -0.25) is 9.59 Å². The van der Waals surface area contributed by atoms with Gasteiger partial charge in [0.25, 0.3) is 11.8 Å². The van der Waals surface area contributed by atoms with Crippen LogP contribution in [0.2, 0.25) is 5.02 Å². The number of carbonyl (C=O) groups is 2. The number of rotatable bonds is 8. The van der Waals surface area contributed by atoms with Crippen LogP contribution in [0.15, 0.2) is 60.0 Å². The van der Waals surface area contributed by atoms with E-state index in [1.165, 1.54) is 11.3 Å². The van der Waals surface area contributed by atoms with E-state index < -0.39 is 0 Å². The Morgan fingerprint density at radius 3 is 2.48 bits per heavy atom. The minimum Gasteiger partial charge on any atom is -0.377 e. The summed E-state index contributed by atoms with van der Waals surface area (Å²) in [7, 11) is 3.92. The summed E-state index contributed by atoms with van der Waals surface area (Å²) >= 11 is 7.67. The second-order valence-corrected chi connectivity index (χ2v) is 8.73. The summed E-state index contributed by atoms with van der Waals surface area (Å²) in [5, 5.41) is 5.27. The van der Waals surface area contributed by atoms with Crippen LogP contribution in [0.4, 0.5) is 11.4 Å². The monoisotopic (exact) mass is 455 g/mol. The van der Waals surface area contributed by atoms with Crippen molar-refractivity contribution >= 4 is 46.1 Å². The third kappa shape index (κ3) is 5.66. The van der Waals surface area contributed by atoms with Crippen molar-refractivity contribution in [2.45, 2.75) is 19.9 Å². The van der Waals surface area contributed by atoms with E-state index in [4.69, 9.17) is 11.6 Å². The maximum Gasteiger partial charge on any atom is 0.265 e. The third-order valence-electron chi connectivity index (χ3n) is 4.81. The zero-order valence-electron chi connectivity index (χ0n) is 17.9. The van der Waals surface area contributed by atoms with Crippen molar-refractivity contribution in [3.05, 3.63) is 81.0 Å². The van der Waals surface area contributed by atoms with E-state index in [1.807, 2.05) is 67.7 Å². The van der Waals surface area contributed by atoms with Crippen LogP contribution in [0, 0.1) is 0 Å². The zero-order chi connectivity index (χ0) is 22.4. The fraction of sp³-hybridized carbons (Fsp3) is 0.250. The van der Waals surface area contributed by atoms with Gasteiger partial charge in [-0.05, 0) is 53.8 Å². The van der Waals surface area contributed by atoms with E-state index in [-0.39, 0.29) is 11.8 Å². The van der Waals surface area contributed by atoms with Gasteiger partial charge in [0.05, 0.1) is 15.5 Å². The molecule has 5 nitrogen and oxygen atoms in total. The molecule has 0 aliphatic rings. The van der Waals surface area contributed by atoms with Gasteiger partial charge < -0.3 is 15.1 Å². The van der Waals surface area contributed by atoms with E-state index >= 15 is 0 Å². The fourth-order valence-electron chi connectivity index (χ4n) is 3.36. The molecule has 3 aromatic rings. The van der Waals surface area contributed by atoms with Gasteiger partial charge in [-0.1, -0.05) is 36.7 Å². The first kappa shape index (κ1) is 22.8. The molecule has 0 atom stereocenters. The van der Waals surface area contributed by atoms with Crippen molar-refractivity contribution in [3.63, 3.8) is 0 Å². The molecule has 0 spiro atoms. The molecule has 162 valence electrons. The second kappa shape index (κ2) is 10.5. The Kier molecular flexibility index (Phi) is 7.71. The molecule has 3 rings (SSSR count). The summed E-state index contributed by atoms with van der Waals surface area (Å²) in [6.45, 7) is 3.05. The summed E-state index contributed by atoms with van der Waals surface area (Å²) in [6, 6.07) is 16.5. The zero-order valence-corrected chi connectivity index (χ0v) is 19.5. The Hall–Kier alpha value is -2.83. The largest absolute Gasteiger partial charge is 0.377 e. The van der Waals surface area contributed by atoms with Crippen LogP contribution in [-0.4, -0.2) is 37.4 Å². The van der Waals surface area contributed by atoms with Crippen molar-refractivity contribution in [1.29, 1.82) is 0 Å². The standard InChI is InChI=1S/C24H26ClN3O2S/c1-4-13-28(24(30)19-8-5-6-9-20(19)25)16-17-15-18(11-12-21(17)27(2)3)26-23(29)22-10-7-14-31-22/h5-12,14-15H,4,13,16H2,1-3H3,(H,26,29). The maximum absolute atomic E-state index is 13.2. The molecule has 0 bridgehead atoms. The van der Waals surface area contributed by atoms with E-state index in [0.717, 1.165) is 17.7 Å². The quantitative estimate of drug-likeness (QED) is 0.469. The predicted molar refractivity (Wildman–Crippen MR) is 130 cm³/mol. The minimum absolute atomic E-state index is 0.106. The average Bonchev–Trinajstić information content (AvgIpc) is 3.28. The summed E-state index contributed by atoms with van der Waals surface area (Å²) in [5.74, 6) is -0.249. The highest BCUT2D eigenvalue weighted by Crippen LogP contribution is 2.27. The van der Waals surface area contributed by atoms with Crippen LogP contribution in [0.1, 0.15) is 38.9 Å². The van der Waals surface area contributed by atoms with Crippen LogP contribution in [0.5, 0.6) is 0 Å². The lowest BCUT2D eigenvalue weighted by Crippen LogP contribution is -2.32. The molecule has 0 saturated carbocycles. The number of thiophene rings is 1. The fourth-order valence-corrected chi connectivity index (χ4v) is 4.20. The normalized spacial score (nSPS) is 10.6. The summed E-state index contributed by atoms with van der Waals surface area (Å²) in [5.41, 5.74) is 3.12. The molecule has 7 heteroatoms. The lowest BCUT2D eigenvalue weighted by atomic mass is 10.1. The average molecular weight is 456 g/mol. The highest BCUT2D eigenvalue weighted by Gasteiger charge is 2.20. The van der Waals surface area contributed by atoms with Crippen molar-refractivity contribution in [3.8, 4) is 0 Å². The summed E-state index contributed by atoms with van der Waals surface area (Å²) in [4.78, 5) is 30.1. The molecule has 0 aliphatic heterocycles. The number of anilines is 2. The molecule has 31 heavy (non-hydrogen) atoms. The number of halogens is 1. The van der Waals surface area contributed by atoms with Crippen LogP contribution in [0.3, 0.4) is 0 Å². The smallest absolute Gasteiger partial charge is 0.265 e. The number of amides is 2. The topological polar surface area (TPSA) is 52.7 Å². The first-order valence-corrected chi connectivity index (χ1v) is 11.4. The molecule has 0 radical (unpaired) electrons. The molecule has 0 fully saturated rings. The van der Waals surface area contributed by atoms with Gasteiger partial charge >= 0.3 is 0 Å². The number of hydrogen-bond donors (Lipinski definition) is 1. The molecule has 2 amide bonds. The highest BCUT2D eigenvalue weighted by atomic mass is 35.5. The maximum atomic E-state index is 13.2. The van der Waals surface area contributed by atoms with Gasteiger partial charge in [0.15, 0.2) is 0 Å². The van der Waals surface area contributed by atoms with E-state index in [1.54, 1.807) is 23.1 Å². The van der Waals surface area contributed by atoms with Gasteiger partial charge in [-0.25, -0.2) is 0 Å². The molecule has 0 unspecified atom stereocenters. The van der Waals surface area contributed by atoms with Gasteiger partial charge in [-0.2, -0.15) is 0 Å². The minimum atomic E-state index is -0.142. The van der Waals surface area contributed by atoms with Crippen molar-refractivity contribution in [2.24, 2.45) is 0 Å². The van der Waals surface area contributed by atoms with Crippen molar-refractivity contribution in [1.82, 2.24) is 4.90 Å². The van der Waals surface area contributed by atoms with E-state index in [2.05, 4.69) is 5.32 Å². The Morgan fingerprint density at radius 2 is 1.84 bits per heavy atom. The lowest BCUT2D eigenvalue weighted by Gasteiger charge is -2.26. The number of carbonyl (C=O) groups excluding carboxylic acids is 2. The van der Waals surface area contributed by atoms with Gasteiger partial charge in [0.1, 0.15) is 0 Å². The number of nitrogens with one attached hydrogen (secondary N) is 1. The van der Waals surface area contributed by atoms with Crippen LogP contribution in [-0.2, 0) is 6.54 Å². The van der Waals surface area contributed by atoms with Crippen LogP contribution in [0.25, 0.3) is 0 Å². The van der Waals surface area contributed by atoms with Crippen LogP contribution >= 0.6 is 22.9 Å². The van der Waals surface area contributed by atoms with Gasteiger partial charge in [-0.15, -0.1) is 11.3 Å². The van der Waals surface area contributed by atoms with Crippen LogP contribution < -0.4 is 10.2 Å². The first-order valence-electron chi connectivity index (χ1n) is 10.1. The Bertz CT molecular complexity index is 1050. The molecule has 1 aromatic heterocycles. The summed E-state index contributed by atoms with van der Waals surface area (Å²) in [6.07, 6.45) is 0.822. The van der Waals surface area contributed by atoms with Crippen molar-refractivity contribution in [2.75, 3.05) is 30.9 Å². The Morgan fingerprint density at radius 1 is 1.06 bits per heavy atom. The molecule has 1 heterocycles. The van der Waals surface area contributed by atoms with Gasteiger partial charge in [0, 0.05) is 38.6 Å². The summed E-state index contributed by atoms with van der Waals surface area (Å²) < 4.78 is 0. The lowest BCUT2D eigenvalue weighted by molar-refractivity contribution is 0.0743. The SMILES string of the molecule is CCCN(Cc1cc(NC(=O)c2cccs2)ccc1N(C)C)C(=O)c1ccccc1Cl. The third-order valence-corrected chi connectivity index (χ3v) is 6.01. The molecule has 0 aliphatic carbocycles. The first-order chi connectivity index (χ1) is 14.9. The molecular weight excluding hydrogens is 430 g/mol. The molecular formula is C24H26ClN3O2S. The van der Waals surface area contributed by atoms with E-state index in [9.17, 15) is 9.59 Å². The molecule has 0 saturated heterocycles. The predicted octanol–water partition coefficient (Wildman–Crippen LogP) is 5.77. The molecule has 2 aromatic carbocycles. The number of benzene rings is 2.